The van der Waals surface area contributed by atoms with Crippen molar-refractivity contribution in [2.75, 3.05) is 0 Å². The highest BCUT2D eigenvalue weighted by atomic mass is 16.3. The van der Waals surface area contributed by atoms with E-state index in [1.54, 1.807) is 6.92 Å². The van der Waals surface area contributed by atoms with Crippen LogP contribution in [0.3, 0.4) is 0 Å². The van der Waals surface area contributed by atoms with Crippen molar-refractivity contribution in [3.8, 4) is 0 Å². The zero-order chi connectivity index (χ0) is 17.3. The summed E-state index contributed by atoms with van der Waals surface area (Å²) >= 11 is 0. The normalized spacial score (nSPS) is 53.9. The van der Waals surface area contributed by atoms with Gasteiger partial charge in [-0.1, -0.05) is 13.8 Å². The number of carbonyl (C=O) groups excluding carboxylic acids is 2. The molecule has 3 nitrogen and oxygen atoms in total. The van der Waals surface area contributed by atoms with Crippen molar-refractivity contribution in [3.63, 3.8) is 0 Å². The van der Waals surface area contributed by atoms with Gasteiger partial charge in [0.2, 0.25) is 0 Å². The molecule has 4 fully saturated rings. The Morgan fingerprint density at radius 3 is 2.54 bits per heavy atom. The Kier molecular flexibility index (Phi) is 3.77. The van der Waals surface area contributed by atoms with Gasteiger partial charge in [-0.15, -0.1) is 0 Å². The number of aliphatic hydroxyl groups is 1. The summed E-state index contributed by atoms with van der Waals surface area (Å²) in [5, 5.41) is 10.1. The van der Waals surface area contributed by atoms with Gasteiger partial charge in [0.25, 0.3) is 0 Å². The molecule has 0 unspecified atom stereocenters. The van der Waals surface area contributed by atoms with Gasteiger partial charge in [-0.25, -0.2) is 0 Å². The smallest absolute Gasteiger partial charge is 0.137 e. The van der Waals surface area contributed by atoms with E-state index in [1.807, 2.05) is 0 Å². The summed E-state index contributed by atoms with van der Waals surface area (Å²) in [6, 6.07) is 0. The van der Waals surface area contributed by atoms with Crippen LogP contribution in [-0.4, -0.2) is 22.8 Å². The largest absolute Gasteiger partial charge is 0.393 e. The third kappa shape index (κ3) is 2.12. The van der Waals surface area contributed by atoms with E-state index in [0.29, 0.717) is 30.0 Å². The van der Waals surface area contributed by atoms with Gasteiger partial charge < -0.3 is 5.11 Å². The Balaban J connectivity index is 1.68. The van der Waals surface area contributed by atoms with E-state index in [2.05, 4.69) is 13.8 Å². The number of ketones is 2. The predicted molar refractivity (Wildman–Crippen MR) is 92.3 cm³/mol. The maximum Gasteiger partial charge on any atom is 0.137 e. The molecule has 0 saturated heterocycles. The maximum absolute atomic E-state index is 13.3. The Bertz CT molecular complexity index is 569. The molecule has 0 aliphatic heterocycles. The SMILES string of the molecule is CC(=O)[C@@H]1CC[C@@H]2[C@H]3CC[C@@H]4C[C@H](O)CC[C@]4(C)[C@H]3C(=O)C[C@@]21C. The third-order valence-electron chi connectivity index (χ3n) is 8.81. The van der Waals surface area contributed by atoms with Crippen LogP contribution in [0, 0.1) is 40.4 Å². The average molecular weight is 332 g/mol. The van der Waals surface area contributed by atoms with E-state index < -0.39 is 0 Å². The molecule has 0 bridgehead atoms. The molecule has 4 aliphatic rings. The van der Waals surface area contributed by atoms with E-state index in [9.17, 15) is 14.7 Å². The summed E-state index contributed by atoms with van der Waals surface area (Å²) in [6.07, 6.45) is 7.53. The molecule has 0 spiro atoms. The standard InChI is InChI=1S/C21H32O3/c1-12(22)16-6-7-17-15-5-4-13-10-14(23)8-9-20(13,2)19(15)18(24)11-21(16,17)3/h13-17,19,23H,4-11H2,1-3H3/t13-,14-,15-,16+,17-,19-,20+,21-/m1/s1. The highest BCUT2D eigenvalue weighted by molar-refractivity contribution is 5.87. The molecular weight excluding hydrogens is 300 g/mol. The molecule has 0 aromatic heterocycles. The quantitative estimate of drug-likeness (QED) is 0.795. The first-order valence-corrected chi connectivity index (χ1v) is 9.98. The van der Waals surface area contributed by atoms with Crippen LogP contribution < -0.4 is 0 Å². The summed E-state index contributed by atoms with van der Waals surface area (Å²) in [7, 11) is 0. The Morgan fingerprint density at radius 2 is 1.83 bits per heavy atom. The summed E-state index contributed by atoms with van der Waals surface area (Å²) in [6.45, 7) is 6.28. The molecule has 0 amide bonds. The van der Waals surface area contributed by atoms with Crippen molar-refractivity contribution < 1.29 is 14.7 Å². The Hall–Kier alpha value is -0.700. The molecular formula is C21H32O3. The van der Waals surface area contributed by atoms with E-state index in [1.165, 1.54) is 0 Å². The van der Waals surface area contributed by atoms with Crippen LogP contribution in [0.15, 0.2) is 0 Å². The zero-order valence-electron chi connectivity index (χ0n) is 15.4. The number of aliphatic hydroxyl groups excluding tert-OH is 1. The van der Waals surface area contributed by atoms with Crippen LogP contribution in [0.2, 0.25) is 0 Å². The first kappa shape index (κ1) is 16.8. The lowest BCUT2D eigenvalue weighted by Gasteiger charge is -2.59. The second-order valence-corrected chi connectivity index (χ2v) is 9.85. The topological polar surface area (TPSA) is 54.4 Å². The molecule has 0 radical (unpaired) electrons. The lowest BCUT2D eigenvalue weighted by atomic mass is 9.44. The van der Waals surface area contributed by atoms with Crippen molar-refractivity contribution in [1.82, 2.24) is 0 Å². The fourth-order valence-electron chi connectivity index (χ4n) is 7.72. The van der Waals surface area contributed by atoms with Crippen LogP contribution in [-0.2, 0) is 9.59 Å². The molecule has 8 atom stereocenters. The minimum atomic E-state index is -0.169. The molecule has 0 aromatic rings. The second-order valence-electron chi connectivity index (χ2n) is 9.85. The Morgan fingerprint density at radius 1 is 1.08 bits per heavy atom. The van der Waals surface area contributed by atoms with E-state index in [4.69, 9.17) is 0 Å². The summed E-state index contributed by atoms with van der Waals surface area (Å²) in [4.78, 5) is 25.5. The zero-order valence-corrected chi connectivity index (χ0v) is 15.4. The van der Waals surface area contributed by atoms with E-state index in [0.717, 1.165) is 44.9 Å². The molecule has 4 aliphatic carbocycles. The lowest BCUT2D eigenvalue weighted by molar-refractivity contribution is -0.162. The van der Waals surface area contributed by atoms with Gasteiger partial charge >= 0.3 is 0 Å². The van der Waals surface area contributed by atoms with Gasteiger partial charge in [0, 0.05) is 18.3 Å². The number of hydrogen-bond acceptors (Lipinski definition) is 3. The summed E-state index contributed by atoms with van der Waals surface area (Å²) < 4.78 is 0. The average Bonchev–Trinajstić information content (AvgIpc) is 2.84. The molecule has 3 heteroatoms. The minimum absolute atomic E-state index is 0.0782. The maximum atomic E-state index is 13.3. The van der Waals surface area contributed by atoms with Gasteiger partial charge in [0.05, 0.1) is 6.10 Å². The van der Waals surface area contributed by atoms with Crippen LogP contribution in [0.5, 0.6) is 0 Å². The van der Waals surface area contributed by atoms with E-state index >= 15 is 0 Å². The third-order valence-corrected chi connectivity index (χ3v) is 8.81. The van der Waals surface area contributed by atoms with Crippen LogP contribution >= 0.6 is 0 Å². The molecule has 0 heterocycles. The fourth-order valence-corrected chi connectivity index (χ4v) is 7.72. The minimum Gasteiger partial charge on any atom is -0.393 e. The second kappa shape index (κ2) is 5.40. The molecule has 1 N–H and O–H groups in total. The van der Waals surface area contributed by atoms with Gasteiger partial charge in [-0.05, 0) is 80.5 Å². The van der Waals surface area contributed by atoms with Crippen LogP contribution in [0.25, 0.3) is 0 Å². The van der Waals surface area contributed by atoms with Gasteiger partial charge in [-0.3, -0.25) is 9.59 Å². The predicted octanol–water partition coefficient (Wildman–Crippen LogP) is 3.77. The first-order chi connectivity index (χ1) is 11.3. The summed E-state index contributed by atoms with van der Waals surface area (Å²) in [5.41, 5.74) is -0.0175. The number of fused-ring (bicyclic) bond motifs is 5. The van der Waals surface area contributed by atoms with Crippen LogP contribution in [0.1, 0.15) is 72.1 Å². The fraction of sp³-hybridized carbons (Fsp3) is 0.905. The van der Waals surface area contributed by atoms with Crippen LogP contribution in [0.4, 0.5) is 0 Å². The molecule has 134 valence electrons. The van der Waals surface area contributed by atoms with Crippen molar-refractivity contribution in [2.24, 2.45) is 40.4 Å². The van der Waals surface area contributed by atoms with Crippen molar-refractivity contribution >= 4 is 11.6 Å². The van der Waals surface area contributed by atoms with Gasteiger partial charge in [0.1, 0.15) is 11.6 Å². The van der Waals surface area contributed by atoms with Gasteiger partial charge in [0.15, 0.2) is 0 Å². The monoisotopic (exact) mass is 332 g/mol. The number of carbonyl (C=O) groups is 2. The lowest BCUT2D eigenvalue weighted by Crippen LogP contribution is -2.58. The summed E-state index contributed by atoms with van der Waals surface area (Å²) in [5.74, 6) is 2.48. The number of rotatable bonds is 1. The highest BCUT2D eigenvalue weighted by Crippen LogP contribution is 2.66. The van der Waals surface area contributed by atoms with Crippen molar-refractivity contribution in [1.29, 1.82) is 0 Å². The number of hydrogen-bond donors (Lipinski definition) is 1. The first-order valence-electron chi connectivity index (χ1n) is 9.98. The molecule has 0 aromatic carbocycles. The molecule has 24 heavy (non-hydrogen) atoms. The number of Topliss-reactive ketones (excluding diaryl/α,β-unsaturated/α-hetero) is 2. The Labute approximate surface area is 145 Å². The van der Waals surface area contributed by atoms with Gasteiger partial charge in [-0.2, -0.15) is 0 Å². The molecule has 4 rings (SSSR count). The van der Waals surface area contributed by atoms with E-state index in [-0.39, 0.29) is 34.6 Å². The highest BCUT2D eigenvalue weighted by Gasteiger charge is 2.63. The van der Waals surface area contributed by atoms with Crippen molar-refractivity contribution in [3.05, 3.63) is 0 Å². The van der Waals surface area contributed by atoms with Crippen molar-refractivity contribution in [2.45, 2.75) is 78.2 Å². The molecule has 4 saturated carbocycles.